The molecule has 0 bridgehead atoms. The van der Waals surface area contributed by atoms with Crippen molar-refractivity contribution in [3.8, 4) is 11.4 Å². The first kappa shape index (κ1) is 22.2. The van der Waals surface area contributed by atoms with Gasteiger partial charge in [0.15, 0.2) is 10.6 Å². The molecular formula is C25H26N6O2S. The molecule has 0 spiro atoms. The van der Waals surface area contributed by atoms with Gasteiger partial charge in [-0.3, -0.25) is 19.3 Å². The summed E-state index contributed by atoms with van der Waals surface area (Å²) in [5.74, 6) is 2.07. The van der Waals surface area contributed by atoms with Crippen LogP contribution in [0, 0.1) is 4.77 Å². The molecule has 1 saturated carbocycles. The molecule has 2 heterocycles. The fourth-order valence-electron chi connectivity index (χ4n) is 4.04. The van der Waals surface area contributed by atoms with E-state index in [0.29, 0.717) is 34.9 Å². The van der Waals surface area contributed by atoms with Gasteiger partial charge in [0.05, 0.1) is 10.9 Å². The molecule has 2 aromatic carbocycles. The van der Waals surface area contributed by atoms with Crippen molar-refractivity contribution in [3.05, 3.63) is 69.5 Å². The second kappa shape index (κ2) is 9.72. The van der Waals surface area contributed by atoms with Gasteiger partial charge in [-0.25, -0.2) is 4.98 Å². The molecule has 1 fully saturated rings. The van der Waals surface area contributed by atoms with Gasteiger partial charge in [-0.1, -0.05) is 30.7 Å². The average Bonchev–Trinajstić information content (AvgIpc) is 3.57. The lowest BCUT2D eigenvalue weighted by molar-refractivity contribution is -0.116. The number of H-pyrrole nitrogens is 2. The van der Waals surface area contributed by atoms with Crippen LogP contribution in [0.1, 0.15) is 50.3 Å². The van der Waals surface area contributed by atoms with Crippen molar-refractivity contribution in [3.63, 3.8) is 0 Å². The second-order valence-electron chi connectivity index (χ2n) is 8.69. The molecule has 1 aliphatic carbocycles. The van der Waals surface area contributed by atoms with Gasteiger partial charge in [0.25, 0.3) is 5.56 Å². The number of benzene rings is 2. The number of nitrogens with zero attached hydrogens (tertiary/aromatic N) is 3. The number of carbonyl (C=O) groups is 1. The Hall–Kier alpha value is -3.59. The zero-order chi connectivity index (χ0) is 23.5. The molecular weight excluding hydrogens is 448 g/mol. The first-order valence-electron chi connectivity index (χ1n) is 11.6. The molecule has 8 nitrogen and oxygen atoms in total. The third kappa shape index (κ3) is 4.99. The van der Waals surface area contributed by atoms with Crippen LogP contribution in [-0.4, -0.2) is 30.6 Å². The van der Waals surface area contributed by atoms with Gasteiger partial charge in [0.2, 0.25) is 5.91 Å². The zero-order valence-electron chi connectivity index (χ0n) is 18.7. The number of aromatic nitrogens is 5. The van der Waals surface area contributed by atoms with Crippen LogP contribution in [0.5, 0.6) is 0 Å². The molecule has 4 aromatic rings. The van der Waals surface area contributed by atoms with E-state index in [1.54, 1.807) is 10.6 Å². The number of hydrogen-bond donors (Lipinski definition) is 3. The Morgan fingerprint density at radius 1 is 1.12 bits per heavy atom. The van der Waals surface area contributed by atoms with E-state index in [9.17, 15) is 9.59 Å². The molecule has 0 saturated heterocycles. The number of rotatable bonds is 9. The molecule has 9 heteroatoms. The van der Waals surface area contributed by atoms with Crippen LogP contribution in [0.3, 0.4) is 0 Å². The van der Waals surface area contributed by atoms with Crippen molar-refractivity contribution in [2.24, 2.45) is 0 Å². The minimum atomic E-state index is -0.0763. The van der Waals surface area contributed by atoms with Crippen molar-refractivity contribution in [2.45, 2.75) is 51.0 Å². The third-order valence-corrected chi connectivity index (χ3v) is 6.37. The summed E-state index contributed by atoms with van der Waals surface area (Å²) in [6.45, 7) is 0.530. The number of para-hydroxylation sites is 1. The highest BCUT2D eigenvalue weighted by atomic mass is 32.1. The van der Waals surface area contributed by atoms with Gasteiger partial charge < -0.3 is 10.3 Å². The Morgan fingerprint density at radius 3 is 2.82 bits per heavy atom. The molecule has 0 unspecified atom stereocenters. The van der Waals surface area contributed by atoms with E-state index in [1.165, 1.54) is 0 Å². The number of unbranched alkanes of at least 4 members (excludes halogenated alkanes) is 2. The van der Waals surface area contributed by atoms with Crippen LogP contribution in [0.2, 0.25) is 0 Å². The molecule has 0 aliphatic heterocycles. The molecule has 0 radical (unpaired) electrons. The lowest BCUT2D eigenvalue weighted by Crippen LogP contribution is -2.22. The first-order chi connectivity index (χ1) is 16.6. The lowest BCUT2D eigenvalue weighted by Gasteiger charge is -2.08. The number of nitrogens with one attached hydrogen (secondary N) is 3. The number of amides is 1. The highest BCUT2D eigenvalue weighted by Gasteiger charge is 2.27. The Kier molecular flexibility index (Phi) is 6.35. The zero-order valence-corrected chi connectivity index (χ0v) is 19.5. The summed E-state index contributed by atoms with van der Waals surface area (Å²) < 4.78 is 2.03. The lowest BCUT2D eigenvalue weighted by atomic mass is 10.1. The van der Waals surface area contributed by atoms with Gasteiger partial charge >= 0.3 is 0 Å². The highest BCUT2D eigenvalue weighted by molar-refractivity contribution is 7.71. The van der Waals surface area contributed by atoms with Crippen molar-refractivity contribution in [1.29, 1.82) is 0 Å². The molecule has 34 heavy (non-hydrogen) atoms. The Morgan fingerprint density at radius 2 is 1.97 bits per heavy atom. The van der Waals surface area contributed by atoms with Crippen molar-refractivity contribution in [1.82, 2.24) is 24.7 Å². The Balaban J connectivity index is 1.11. The monoisotopic (exact) mass is 474 g/mol. The quantitative estimate of drug-likeness (QED) is 0.236. The van der Waals surface area contributed by atoms with Gasteiger partial charge in [-0.15, -0.1) is 0 Å². The summed E-state index contributed by atoms with van der Waals surface area (Å²) in [4.78, 5) is 32.8. The molecule has 3 N–H and O–H groups in total. The van der Waals surface area contributed by atoms with Crippen molar-refractivity contribution >= 4 is 34.7 Å². The van der Waals surface area contributed by atoms with Gasteiger partial charge in [0, 0.05) is 30.1 Å². The fourth-order valence-corrected chi connectivity index (χ4v) is 4.32. The summed E-state index contributed by atoms with van der Waals surface area (Å²) in [6, 6.07) is 15.0. The molecule has 2 aromatic heterocycles. The predicted molar refractivity (Wildman–Crippen MR) is 134 cm³/mol. The molecule has 5 rings (SSSR count). The first-order valence-corrected chi connectivity index (χ1v) is 12.0. The topological polar surface area (TPSA) is 108 Å². The Labute approximate surface area is 201 Å². The van der Waals surface area contributed by atoms with Gasteiger partial charge in [-0.2, -0.15) is 5.10 Å². The minimum Gasteiger partial charge on any atom is -0.332 e. The van der Waals surface area contributed by atoms with Crippen molar-refractivity contribution in [2.75, 3.05) is 5.32 Å². The maximum Gasteiger partial charge on any atom is 0.262 e. The second-order valence-corrected chi connectivity index (χ2v) is 9.08. The summed E-state index contributed by atoms with van der Waals surface area (Å²) in [6.07, 6.45) is 5.06. The van der Waals surface area contributed by atoms with E-state index in [2.05, 4.69) is 25.5 Å². The smallest absolute Gasteiger partial charge is 0.262 e. The maximum absolute atomic E-state index is 12.7. The Bertz CT molecular complexity index is 1450. The van der Waals surface area contributed by atoms with Gasteiger partial charge in [-0.05, 0) is 62.2 Å². The normalized spacial score (nSPS) is 13.3. The number of aromatic amines is 2. The van der Waals surface area contributed by atoms with Crippen LogP contribution in [0.4, 0.5) is 5.69 Å². The van der Waals surface area contributed by atoms with E-state index >= 15 is 0 Å². The van der Waals surface area contributed by atoms with E-state index in [1.807, 2.05) is 42.5 Å². The van der Waals surface area contributed by atoms with E-state index in [4.69, 9.17) is 12.2 Å². The average molecular weight is 475 g/mol. The van der Waals surface area contributed by atoms with Crippen LogP contribution in [0.25, 0.3) is 22.3 Å². The van der Waals surface area contributed by atoms with Crippen LogP contribution in [-0.2, 0) is 11.3 Å². The number of anilines is 1. The van der Waals surface area contributed by atoms with Gasteiger partial charge in [0.1, 0.15) is 5.82 Å². The molecule has 1 amide bonds. The van der Waals surface area contributed by atoms with E-state index in [0.717, 1.165) is 54.7 Å². The summed E-state index contributed by atoms with van der Waals surface area (Å²) in [5, 5.41) is 10.9. The fraction of sp³-hybridized carbons (Fsp3) is 0.320. The minimum absolute atomic E-state index is 0.0361. The van der Waals surface area contributed by atoms with E-state index < -0.39 is 0 Å². The summed E-state index contributed by atoms with van der Waals surface area (Å²) in [5.41, 5.74) is 2.28. The van der Waals surface area contributed by atoms with Crippen LogP contribution in [0.15, 0.2) is 53.3 Å². The standard InChI is InChI=1S/C25H26N6O2S/c32-21(26-18-8-6-7-17(15-18)23-28-22(29-30-23)16-12-13-16)11-2-1-5-14-31-24(33)19-9-3-4-10-20(19)27-25(31)34/h3-4,6-10,15-16H,1-2,5,11-14H2,(H,26,32)(H,27,34)(H,28,29,30). The molecule has 0 atom stereocenters. The SMILES string of the molecule is O=C(CCCCCn1c(=S)[nH]c2ccccc2c1=O)Nc1cccc(-c2n[nH]c(C3CC3)n2)c1. The molecule has 174 valence electrons. The van der Waals surface area contributed by atoms with Crippen molar-refractivity contribution < 1.29 is 4.79 Å². The number of carbonyl (C=O) groups excluding carboxylic acids is 1. The predicted octanol–water partition coefficient (Wildman–Crippen LogP) is 4.92. The van der Waals surface area contributed by atoms with E-state index in [-0.39, 0.29) is 11.5 Å². The summed E-state index contributed by atoms with van der Waals surface area (Å²) >= 11 is 5.35. The third-order valence-electron chi connectivity index (χ3n) is 6.05. The van der Waals surface area contributed by atoms with Crippen LogP contribution >= 0.6 is 12.2 Å². The molecule has 1 aliphatic rings. The number of hydrogen-bond acceptors (Lipinski definition) is 5. The van der Waals surface area contributed by atoms with Crippen LogP contribution < -0.4 is 10.9 Å². The largest absolute Gasteiger partial charge is 0.332 e. The highest BCUT2D eigenvalue weighted by Crippen LogP contribution is 2.38. The maximum atomic E-state index is 12.7. The number of fused-ring (bicyclic) bond motifs is 1. The summed E-state index contributed by atoms with van der Waals surface area (Å²) in [7, 11) is 0.